The maximum Gasteiger partial charge on any atom is 0.220 e. The van der Waals surface area contributed by atoms with Crippen LogP contribution in [0, 0.1) is 11.8 Å². The molecule has 0 heterocycles. The Morgan fingerprint density at radius 1 is 1.29 bits per heavy atom. The van der Waals surface area contributed by atoms with Crippen molar-refractivity contribution in [2.45, 2.75) is 40.0 Å². The van der Waals surface area contributed by atoms with Gasteiger partial charge in [-0.05, 0) is 31.2 Å². The number of carbonyl (C=O) groups is 1. The Kier molecular flexibility index (Phi) is 7.48. The highest BCUT2D eigenvalue weighted by Crippen LogP contribution is 2.07. The second-order valence-electron chi connectivity index (χ2n) is 4.27. The fourth-order valence-corrected chi connectivity index (χ4v) is 1.03. The summed E-state index contributed by atoms with van der Waals surface area (Å²) in [4.78, 5) is 11.3. The third kappa shape index (κ3) is 6.89. The van der Waals surface area contributed by atoms with E-state index in [1.165, 1.54) is 0 Å². The molecule has 0 spiro atoms. The molecular weight excluding hydrogens is 176 g/mol. The zero-order valence-electron chi connectivity index (χ0n) is 9.68. The van der Waals surface area contributed by atoms with Gasteiger partial charge in [-0.15, -0.1) is 0 Å². The molecule has 3 nitrogen and oxygen atoms in total. The first-order valence-electron chi connectivity index (χ1n) is 5.54. The molecule has 3 heteroatoms. The first-order chi connectivity index (χ1) is 6.57. The van der Waals surface area contributed by atoms with E-state index in [9.17, 15) is 4.79 Å². The molecule has 0 bridgehead atoms. The summed E-state index contributed by atoms with van der Waals surface area (Å²) in [5.41, 5.74) is 5.34. The molecule has 0 aliphatic heterocycles. The smallest absolute Gasteiger partial charge is 0.220 e. The van der Waals surface area contributed by atoms with Crippen molar-refractivity contribution < 1.29 is 4.79 Å². The van der Waals surface area contributed by atoms with E-state index in [1.54, 1.807) is 0 Å². The van der Waals surface area contributed by atoms with Crippen molar-refractivity contribution in [3.8, 4) is 0 Å². The lowest BCUT2D eigenvalue weighted by atomic mass is 9.98. The van der Waals surface area contributed by atoms with Crippen molar-refractivity contribution in [2.24, 2.45) is 17.6 Å². The van der Waals surface area contributed by atoms with Crippen molar-refractivity contribution in [3.63, 3.8) is 0 Å². The normalized spacial score (nSPS) is 12.9. The van der Waals surface area contributed by atoms with Crippen molar-refractivity contribution in [3.05, 3.63) is 0 Å². The molecule has 1 atom stereocenters. The maximum atomic E-state index is 11.3. The molecule has 0 aliphatic rings. The Morgan fingerprint density at radius 2 is 1.93 bits per heavy atom. The van der Waals surface area contributed by atoms with Gasteiger partial charge in [0.1, 0.15) is 0 Å². The third-order valence-electron chi connectivity index (χ3n) is 2.62. The summed E-state index contributed by atoms with van der Waals surface area (Å²) in [5.74, 6) is 1.33. The quantitative estimate of drug-likeness (QED) is 0.612. The van der Waals surface area contributed by atoms with Gasteiger partial charge in [-0.1, -0.05) is 20.8 Å². The summed E-state index contributed by atoms with van der Waals surface area (Å²) in [5, 5.41) is 2.94. The number of hydrogen-bond donors (Lipinski definition) is 2. The van der Waals surface area contributed by atoms with Gasteiger partial charge in [0.2, 0.25) is 5.91 Å². The molecular formula is C11H24N2O. The molecule has 0 saturated carbocycles. The van der Waals surface area contributed by atoms with Gasteiger partial charge in [0.05, 0.1) is 0 Å². The van der Waals surface area contributed by atoms with Crippen LogP contribution in [-0.4, -0.2) is 19.0 Å². The molecule has 0 radical (unpaired) electrons. The van der Waals surface area contributed by atoms with Gasteiger partial charge in [0, 0.05) is 13.0 Å². The lowest BCUT2D eigenvalue weighted by Crippen LogP contribution is -2.29. The number of rotatable bonds is 7. The number of nitrogens with two attached hydrogens (primary N) is 1. The molecule has 0 fully saturated rings. The molecule has 3 N–H and O–H groups in total. The number of nitrogens with one attached hydrogen (secondary N) is 1. The highest BCUT2D eigenvalue weighted by molar-refractivity contribution is 5.75. The molecule has 0 rings (SSSR count). The third-order valence-corrected chi connectivity index (χ3v) is 2.62. The van der Waals surface area contributed by atoms with Crippen LogP contribution >= 0.6 is 0 Å². The van der Waals surface area contributed by atoms with Crippen LogP contribution in [-0.2, 0) is 4.79 Å². The van der Waals surface area contributed by atoms with Gasteiger partial charge in [-0.2, -0.15) is 0 Å². The Morgan fingerprint density at radius 3 is 2.43 bits per heavy atom. The first-order valence-corrected chi connectivity index (χ1v) is 5.54. The minimum atomic E-state index is 0.158. The highest BCUT2D eigenvalue weighted by Gasteiger charge is 2.08. The topological polar surface area (TPSA) is 55.1 Å². The van der Waals surface area contributed by atoms with E-state index in [-0.39, 0.29) is 5.91 Å². The number of hydrogen-bond acceptors (Lipinski definition) is 2. The van der Waals surface area contributed by atoms with E-state index in [4.69, 9.17) is 5.73 Å². The summed E-state index contributed by atoms with van der Waals surface area (Å²) >= 11 is 0. The van der Waals surface area contributed by atoms with Crippen molar-refractivity contribution in [1.29, 1.82) is 0 Å². The summed E-state index contributed by atoms with van der Waals surface area (Å²) in [6.07, 6.45) is 2.45. The molecule has 84 valence electrons. The van der Waals surface area contributed by atoms with Crippen molar-refractivity contribution in [1.82, 2.24) is 5.32 Å². The molecule has 0 aromatic carbocycles. The van der Waals surface area contributed by atoms with E-state index in [2.05, 4.69) is 26.1 Å². The van der Waals surface area contributed by atoms with Crippen LogP contribution in [0.1, 0.15) is 40.0 Å². The average molecular weight is 200 g/mol. The number of carbonyl (C=O) groups excluding carboxylic acids is 1. The van der Waals surface area contributed by atoms with E-state index < -0.39 is 0 Å². The zero-order chi connectivity index (χ0) is 11.0. The summed E-state index contributed by atoms with van der Waals surface area (Å²) < 4.78 is 0. The van der Waals surface area contributed by atoms with Crippen LogP contribution in [0.25, 0.3) is 0 Å². The minimum Gasteiger partial charge on any atom is -0.356 e. The average Bonchev–Trinajstić information content (AvgIpc) is 2.14. The SMILES string of the molecule is CC(C)C(C)CNC(=O)CCCCN. The van der Waals surface area contributed by atoms with Crippen LogP contribution in [0.5, 0.6) is 0 Å². The van der Waals surface area contributed by atoms with E-state index in [0.29, 0.717) is 24.8 Å². The first kappa shape index (κ1) is 13.4. The van der Waals surface area contributed by atoms with E-state index in [0.717, 1.165) is 19.4 Å². The second kappa shape index (κ2) is 7.80. The van der Waals surface area contributed by atoms with Crippen LogP contribution < -0.4 is 11.1 Å². The molecule has 14 heavy (non-hydrogen) atoms. The van der Waals surface area contributed by atoms with Gasteiger partial charge in [-0.25, -0.2) is 0 Å². The van der Waals surface area contributed by atoms with Crippen LogP contribution in [0.2, 0.25) is 0 Å². The maximum absolute atomic E-state index is 11.3. The van der Waals surface area contributed by atoms with Crippen LogP contribution in [0.15, 0.2) is 0 Å². The Hall–Kier alpha value is -0.570. The van der Waals surface area contributed by atoms with Gasteiger partial charge in [0.15, 0.2) is 0 Å². The largest absolute Gasteiger partial charge is 0.356 e. The zero-order valence-corrected chi connectivity index (χ0v) is 9.68. The standard InChI is InChI=1S/C11H24N2O/c1-9(2)10(3)8-13-11(14)6-4-5-7-12/h9-10H,4-8,12H2,1-3H3,(H,13,14). The monoisotopic (exact) mass is 200 g/mol. The summed E-state index contributed by atoms with van der Waals surface area (Å²) in [7, 11) is 0. The van der Waals surface area contributed by atoms with Gasteiger partial charge in [-0.3, -0.25) is 4.79 Å². The van der Waals surface area contributed by atoms with Crippen molar-refractivity contribution >= 4 is 5.91 Å². The molecule has 1 unspecified atom stereocenters. The predicted octanol–water partition coefficient (Wildman–Crippen LogP) is 1.52. The fraction of sp³-hybridized carbons (Fsp3) is 0.909. The molecule has 1 amide bonds. The summed E-state index contributed by atoms with van der Waals surface area (Å²) in [6.45, 7) is 7.97. The van der Waals surface area contributed by atoms with Crippen molar-refractivity contribution in [2.75, 3.05) is 13.1 Å². The van der Waals surface area contributed by atoms with Gasteiger partial charge < -0.3 is 11.1 Å². The van der Waals surface area contributed by atoms with Gasteiger partial charge in [0.25, 0.3) is 0 Å². The van der Waals surface area contributed by atoms with Crippen LogP contribution in [0.4, 0.5) is 0 Å². The lowest BCUT2D eigenvalue weighted by molar-refractivity contribution is -0.121. The van der Waals surface area contributed by atoms with E-state index >= 15 is 0 Å². The Balaban J connectivity index is 3.44. The van der Waals surface area contributed by atoms with E-state index in [1.807, 2.05) is 0 Å². The van der Waals surface area contributed by atoms with Gasteiger partial charge >= 0.3 is 0 Å². The van der Waals surface area contributed by atoms with Crippen LogP contribution in [0.3, 0.4) is 0 Å². The second-order valence-corrected chi connectivity index (χ2v) is 4.27. The number of unbranched alkanes of at least 4 members (excludes halogenated alkanes) is 1. The molecule has 0 saturated heterocycles. The number of amides is 1. The molecule has 0 aromatic heterocycles. The highest BCUT2D eigenvalue weighted by atomic mass is 16.1. The fourth-order valence-electron chi connectivity index (χ4n) is 1.03. The summed E-state index contributed by atoms with van der Waals surface area (Å²) in [6, 6.07) is 0. The lowest BCUT2D eigenvalue weighted by Gasteiger charge is -2.15. The Bertz CT molecular complexity index is 157. The molecule has 0 aromatic rings. The Labute approximate surface area is 87.4 Å². The predicted molar refractivity (Wildman–Crippen MR) is 59.9 cm³/mol. The molecule has 0 aliphatic carbocycles. The minimum absolute atomic E-state index is 0.158.